The Morgan fingerprint density at radius 2 is 1.74 bits per heavy atom. The van der Waals surface area contributed by atoms with Crippen LogP contribution in [0.2, 0.25) is 10.0 Å². The molecule has 1 heterocycles. The first-order chi connectivity index (χ1) is 14.8. The monoisotopic (exact) mass is 458 g/mol. The molecule has 1 amide bonds. The van der Waals surface area contributed by atoms with Gasteiger partial charge in [-0.3, -0.25) is 10.1 Å². The molecule has 0 aliphatic rings. The van der Waals surface area contributed by atoms with E-state index in [-0.39, 0.29) is 27.2 Å². The van der Waals surface area contributed by atoms with E-state index >= 15 is 0 Å². The van der Waals surface area contributed by atoms with Crippen LogP contribution >= 0.6 is 23.2 Å². The molecule has 0 atom stereocenters. The Labute approximate surface area is 189 Å². The molecular weight excluding hydrogens is 439 g/mol. The molecule has 0 saturated heterocycles. The molecule has 0 radical (unpaired) electrons. The first kappa shape index (κ1) is 22.6. The maximum absolute atomic E-state index is 12.4. The van der Waals surface area contributed by atoms with Crippen LogP contribution in [0, 0.1) is 0 Å². The van der Waals surface area contributed by atoms with Crippen LogP contribution in [-0.4, -0.2) is 24.1 Å². The SMILES string of the molecule is COC(=O)c1c(-c2c(Cl)cccc2Cl)noc1NC(=O)/C=C/c1ccc(C(C)C)cc1. The summed E-state index contributed by atoms with van der Waals surface area (Å²) >= 11 is 12.5. The van der Waals surface area contributed by atoms with Crippen LogP contribution in [0.1, 0.15) is 41.3 Å². The average molecular weight is 459 g/mol. The van der Waals surface area contributed by atoms with Gasteiger partial charge >= 0.3 is 5.97 Å². The van der Waals surface area contributed by atoms with Gasteiger partial charge in [0.25, 0.3) is 5.91 Å². The third-order valence-corrected chi connectivity index (χ3v) is 5.18. The van der Waals surface area contributed by atoms with Crippen molar-refractivity contribution < 1.29 is 18.8 Å². The van der Waals surface area contributed by atoms with Crippen molar-refractivity contribution in [3.63, 3.8) is 0 Å². The van der Waals surface area contributed by atoms with E-state index in [9.17, 15) is 9.59 Å². The van der Waals surface area contributed by atoms with Gasteiger partial charge < -0.3 is 9.26 Å². The molecule has 0 aliphatic heterocycles. The molecule has 8 heteroatoms. The number of methoxy groups -OCH3 is 1. The van der Waals surface area contributed by atoms with Gasteiger partial charge in [0.2, 0.25) is 5.88 Å². The van der Waals surface area contributed by atoms with Gasteiger partial charge in [0.1, 0.15) is 5.69 Å². The van der Waals surface area contributed by atoms with Gasteiger partial charge in [-0.2, -0.15) is 0 Å². The van der Waals surface area contributed by atoms with E-state index in [0.29, 0.717) is 11.5 Å². The largest absolute Gasteiger partial charge is 0.465 e. The van der Waals surface area contributed by atoms with Gasteiger partial charge in [0.05, 0.1) is 17.2 Å². The number of rotatable bonds is 6. The van der Waals surface area contributed by atoms with Gasteiger partial charge in [0.15, 0.2) is 5.56 Å². The lowest BCUT2D eigenvalue weighted by molar-refractivity contribution is -0.112. The number of hydrogen-bond acceptors (Lipinski definition) is 5. The summed E-state index contributed by atoms with van der Waals surface area (Å²) in [7, 11) is 1.21. The van der Waals surface area contributed by atoms with Crippen LogP contribution in [0.25, 0.3) is 17.3 Å². The zero-order chi connectivity index (χ0) is 22.5. The number of anilines is 1. The first-order valence-electron chi connectivity index (χ1n) is 9.43. The number of nitrogens with one attached hydrogen (secondary N) is 1. The summed E-state index contributed by atoms with van der Waals surface area (Å²) in [4.78, 5) is 24.8. The van der Waals surface area contributed by atoms with Gasteiger partial charge in [0, 0.05) is 11.6 Å². The topological polar surface area (TPSA) is 81.4 Å². The maximum atomic E-state index is 12.4. The minimum Gasteiger partial charge on any atom is -0.465 e. The lowest BCUT2D eigenvalue weighted by Crippen LogP contribution is -2.12. The lowest BCUT2D eigenvalue weighted by Gasteiger charge is -2.06. The molecule has 2 aromatic carbocycles. The molecule has 160 valence electrons. The number of benzene rings is 2. The number of nitrogens with zero attached hydrogens (tertiary/aromatic N) is 1. The standard InChI is InChI=1S/C23H20Cl2N2O4/c1-13(2)15-10-7-14(8-11-15)9-12-18(28)26-22-20(23(29)30-3)21(27-31-22)19-16(24)5-4-6-17(19)25/h4-13H,1-3H3,(H,26,28)/b12-9+. The number of esters is 1. The zero-order valence-corrected chi connectivity index (χ0v) is 18.6. The van der Waals surface area contributed by atoms with Crippen LogP contribution in [0.3, 0.4) is 0 Å². The molecule has 1 N–H and O–H groups in total. The molecule has 0 unspecified atom stereocenters. The Hall–Kier alpha value is -3.09. The fourth-order valence-electron chi connectivity index (χ4n) is 2.88. The fraction of sp³-hybridized carbons (Fsp3) is 0.174. The highest BCUT2D eigenvalue weighted by Crippen LogP contribution is 2.38. The average Bonchev–Trinajstić information content (AvgIpc) is 3.14. The summed E-state index contributed by atoms with van der Waals surface area (Å²) < 4.78 is 10.0. The molecule has 0 fully saturated rings. The highest BCUT2D eigenvalue weighted by Gasteiger charge is 2.28. The minimum atomic E-state index is -0.754. The number of halogens is 2. The molecular formula is C23H20Cl2N2O4. The van der Waals surface area contributed by atoms with Gasteiger partial charge in [-0.05, 0) is 35.3 Å². The molecule has 31 heavy (non-hydrogen) atoms. The predicted molar refractivity (Wildman–Crippen MR) is 121 cm³/mol. The minimum absolute atomic E-state index is 0.0750. The van der Waals surface area contributed by atoms with Crippen molar-refractivity contribution in [2.75, 3.05) is 12.4 Å². The van der Waals surface area contributed by atoms with Crippen molar-refractivity contribution >= 4 is 47.0 Å². The number of carbonyl (C=O) groups is 2. The van der Waals surface area contributed by atoms with E-state index in [2.05, 4.69) is 24.3 Å². The van der Waals surface area contributed by atoms with Crippen LogP contribution in [0.15, 0.2) is 53.1 Å². The number of amides is 1. The Morgan fingerprint density at radius 3 is 2.32 bits per heavy atom. The van der Waals surface area contributed by atoms with Crippen molar-refractivity contribution in [3.8, 4) is 11.3 Å². The number of ether oxygens (including phenoxy) is 1. The third-order valence-electron chi connectivity index (χ3n) is 4.55. The molecule has 0 aliphatic carbocycles. The smallest absolute Gasteiger partial charge is 0.345 e. The van der Waals surface area contributed by atoms with Crippen molar-refractivity contribution in [3.05, 3.63) is 75.3 Å². The number of aromatic nitrogens is 1. The van der Waals surface area contributed by atoms with E-state index in [1.807, 2.05) is 24.3 Å². The molecule has 6 nitrogen and oxygen atoms in total. The molecule has 0 saturated carbocycles. The Morgan fingerprint density at radius 1 is 1.10 bits per heavy atom. The summed E-state index contributed by atoms with van der Waals surface area (Å²) in [6.45, 7) is 4.22. The molecule has 0 spiro atoms. The van der Waals surface area contributed by atoms with Crippen LogP contribution in [0.4, 0.5) is 5.88 Å². The second-order valence-corrected chi connectivity index (χ2v) is 7.78. The van der Waals surface area contributed by atoms with Crippen LogP contribution < -0.4 is 5.32 Å². The highest BCUT2D eigenvalue weighted by molar-refractivity contribution is 6.39. The first-order valence-corrected chi connectivity index (χ1v) is 10.2. The summed E-state index contributed by atoms with van der Waals surface area (Å²) in [5.74, 6) is -1.00. The van der Waals surface area contributed by atoms with E-state index < -0.39 is 11.9 Å². The third kappa shape index (κ3) is 5.16. The Bertz CT molecular complexity index is 1110. The molecule has 3 rings (SSSR count). The number of hydrogen-bond donors (Lipinski definition) is 1. The van der Waals surface area contributed by atoms with Crippen molar-refractivity contribution in [2.45, 2.75) is 19.8 Å². The molecule has 1 aromatic heterocycles. The van der Waals surface area contributed by atoms with Gasteiger partial charge in [-0.1, -0.05) is 72.5 Å². The number of carbonyl (C=O) groups excluding carboxylic acids is 2. The molecule has 3 aromatic rings. The quantitative estimate of drug-likeness (QED) is 0.350. The van der Waals surface area contributed by atoms with Gasteiger partial charge in [-0.15, -0.1) is 0 Å². The van der Waals surface area contributed by atoms with E-state index in [1.165, 1.54) is 18.7 Å². The second-order valence-electron chi connectivity index (χ2n) is 6.97. The van der Waals surface area contributed by atoms with Crippen LogP contribution in [-0.2, 0) is 9.53 Å². The lowest BCUT2D eigenvalue weighted by atomic mass is 10.0. The van der Waals surface area contributed by atoms with Crippen LogP contribution in [0.5, 0.6) is 0 Å². The van der Waals surface area contributed by atoms with E-state index in [1.54, 1.807) is 24.3 Å². The highest BCUT2D eigenvalue weighted by atomic mass is 35.5. The predicted octanol–water partition coefficient (Wildman–Crippen LogP) is 6.21. The normalized spacial score (nSPS) is 11.2. The van der Waals surface area contributed by atoms with Gasteiger partial charge in [-0.25, -0.2) is 4.79 Å². The summed E-state index contributed by atoms with van der Waals surface area (Å²) in [6.07, 6.45) is 2.98. The zero-order valence-electron chi connectivity index (χ0n) is 17.1. The Kier molecular flexibility index (Phi) is 7.15. The summed E-state index contributed by atoms with van der Waals surface area (Å²) in [6, 6.07) is 12.7. The maximum Gasteiger partial charge on any atom is 0.345 e. The summed E-state index contributed by atoms with van der Waals surface area (Å²) in [5, 5.41) is 6.95. The molecule has 0 bridgehead atoms. The van der Waals surface area contributed by atoms with Crippen molar-refractivity contribution in [2.24, 2.45) is 0 Å². The summed E-state index contributed by atoms with van der Waals surface area (Å²) in [5.41, 5.74) is 2.36. The van der Waals surface area contributed by atoms with E-state index in [4.69, 9.17) is 32.5 Å². The van der Waals surface area contributed by atoms with Crippen molar-refractivity contribution in [1.82, 2.24) is 5.16 Å². The Balaban J connectivity index is 1.87. The van der Waals surface area contributed by atoms with E-state index in [0.717, 1.165) is 5.56 Å². The second kappa shape index (κ2) is 9.81. The fourth-order valence-corrected chi connectivity index (χ4v) is 3.46. The van der Waals surface area contributed by atoms with Crippen molar-refractivity contribution in [1.29, 1.82) is 0 Å².